The molecule has 0 amide bonds. The summed E-state index contributed by atoms with van der Waals surface area (Å²) in [6.45, 7) is 1.94. The van der Waals surface area contributed by atoms with Gasteiger partial charge in [-0.1, -0.05) is 6.08 Å². The fraction of sp³-hybridized carbons (Fsp3) is 0.364. The molecule has 0 saturated carbocycles. The topological polar surface area (TPSA) is 53.0 Å². The van der Waals surface area contributed by atoms with E-state index in [1.807, 2.05) is 12.3 Å². The Labute approximate surface area is 101 Å². The Morgan fingerprint density at radius 3 is 3.00 bits per heavy atom. The molecule has 0 N–H and O–H groups in total. The van der Waals surface area contributed by atoms with Crippen LogP contribution in [0, 0.1) is 6.92 Å². The molecule has 5 heteroatoms. The highest BCUT2D eigenvalue weighted by Gasteiger charge is 2.10. The van der Waals surface area contributed by atoms with E-state index in [1.165, 1.54) is 0 Å². The minimum absolute atomic E-state index is 0.389. The van der Waals surface area contributed by atoms with Crippen LogP contribution >= 0.6 is 11.3 Å². The molecular weight excluding hydrogens is 242 g/mol. The summed E-state index contributed by atoms with van der Waals surface area (Å²) in [5.74, 6) is 0. The first-order valence-corrected chi connectivity index (χ1v) is 7.05. The second kappa shape index (κ2) is 5.03. The average Bonchev–Trinajstić information content (AvgIpc) is 2.54. The predicted molar refractivity (Wildman–Crippen MR) is 65.7 cm³/mol. The van der Waals surface area contributed by atoms with E-state index in [0.717, 1.165) is 35.5 Å². The van der Waals surface area contributed by atoms with Gasteiger partial charge in [0.2, 0.25) is 0 Å². The van der Waals surface area contributed by atoms with Crippen molar-refractivity contribution >= 4 is 28.0 Å². The fourth-order valence-electron chi connectivity index (χ4n) is 1.63. The Kier molecular flexibility index (Phi) is 3.68. The normalized spacial score (nSPS) is 18.6. The predicted octanol–water partition coefficient (Wildman–Crippen LogP) is 2.78. The van der Waals surface area contributed by atoms with Crippen molar-refractivity contribution in [2.24, 2.45) is 0 Å². The average molecular weight is 254 g/mol. The molecular formula is C11H12NO2S2-. The monoisotopic (exact) mass is 254 g/mol. The van der Waals surface area contributed by atoms with Crippen molar-refractivity contribution in [2.75, 3.05) is 0 Å². The lowest BCUT2D eigenvalue weighted by atomic mass is 10.1. The Hall–Kier alpha value is -0.780. The standard InChI is InChI=1S/C11H13NO2S2/c1-8-7-15-11(12-8)9-4-2-3-5-10(6-9)16(13)14/h5-7H,2-4H2,1H3,(H,13,14)/p-1. The molecule has 1 heterocycles. The summed E-state index contributed by atoms with van der Waals surface area (Å²) in [4.78, 5) is 4.78. The van der Waals surface area contributed by atoms with E-state index in [4.69, 9.17) is 0 Å². The number of nitrogens with zero attached hydrogens (tertiary/aromatic N) is 1. The molecule has 2 rings (SSSR count). The maximum atomic E-state index is 11.0. The molecule has 0 saturated heterocycles. The maximum Gasteiger partial charge on any atom is 0.119 e. The zero-order chi connectivity index (χ0) is 11.5. The van der Waals surface area contributed by atoms with Crippen molar-refractivity contribution in [3.05, 3.63) is 33.1 Å². The summed E-state index contributed by atoms with van der Waals surface area (Å²) in [5, 5.41) is 2.93. The van der Waals surface area contributed by atoms with Gasteiger partial charge in [0, 0.05) is 16.0 Å². The van der Waals surface area contributed by atoms with E-state index >= 15 is 0 Å². The lowest BCUT2D eigenvalue weighted by Crippen LogP contribution is -1.90. The molecule has 0 radical (unpaired) electrons. The van der Waals surface area contributed by atoms with Gasteiger partial charge < -0.3 is 4.55 Å². The number of thiazole rings is 1. The van der Waals surface area contributed by atoms with Crippen molar-refractivity contribution in [1.29, 1.82) is 0 Å². The second-order valence-corrected chi connectivity index (χ2v) is 5.50. The van der Waals surface area contributed by atoms with Gasteiger partial charge in [0.05, 0.1) is 0 Å². The number of hydrogen-bond acceptors (Lipinski definition) is 4. The first-order valence-electron chi connectivity index (χ1n) is 5.09. The highest BCUT2D eigenvalue weighted by molar-refractivity contribution is 7.83. The van der Waals surface area contributed by atoms with Crippen LogP contribution in [0.1, 0.15) is 30.0 Å². The van der Waals surface area contributed by atoms with E-state index in [0.29, 0.717) is 4.91 Å². The summed E-state index contributed by atoms with van der Waals surface area (Å²) in [6, 6.07) is 0. The van der Waals surface area contributed by atoms with Crippen molar-refractivity contribution in [3.63, 3.8) is 0 Å². The van der Waals surface area contributed by atoms with E-state index in [9.17, 15) is 8.76 Å². The smallest absolute Gasteiger partial charge is 0.119 e. The van der Waals surface area contributed by atoms with Crippen molar-refractivity contribution in [3.8, 4) is 0 Å². The van der Waals surface area contributed by atoms with Gasteiger partial charge in [-0.3, -0.25) is 4.21 Å². The Morgan fingerprint density at radius 2 is 2.38 bits per heavy atom. The van der Waals surface area contributed by atoms with Crippen LogP contribution in [0.15, 0.2) is 22.4 Å². The summed E-state index contributed by atoms with van der Waals surface area (Å²) in [7, 11) is 0. The largest absolute Gasteiger partial charge is 0.768 e. The summed E-state index contributed by atoms with van der Waals surface area (Å²) in [6.07, 6.45) is 6.20. The van der Waals surface area contributed by atoms with Crippen LogP contribution in [0.5, 0.6) is 0 Å². The maximum absolute atomic E-state index is 11.0. The van der Waals surface area contributed by atoms with Crippen LogP contribution < -0.4 is 0 Å². The van der Waals surface area contributed by atoms with Crippen LogP contribution in [0.25, 0.3) is 5.57 Å². The number of aryl methyl sites for hydroxylation is 1. The summed E-state index contributed by atoms with van der Waals surface area (Å²) >= 11 is -0.568. The van der Waals surface area contributed by atoms with Gasteiger partial charge in [-0.05, 0) is 48.9 Å². The van der Waals surface area contributed by atoms with E-state index in [2.05, 4.69) is 4.98 Å². The lowest BCUT2D eigenvalue weighted by Gasteiger charge is -2.06. The van der Waals surface area contributed by atoms with Crippen LogP contribution in [-0.2, 0) is 11.1 Å². The number of aromatic nitrogens is 1. The van der Waals surface area contributed by atoms with Crippen LogP contribution in [0.2, 0.25) is 0 Å². The number of rotatable bonds is 2. The Bertz CT molecular complexity index is 474. The zero-order valence-electron chi connectivity index (χ0n) is 8.93. The van der Waals surface area contributed by atoms with Gasteiger partial charge in [0.1, 0.15) is 5.01 Å². The van der Waals surface area contributed by atoms with Gasteiger partial charge in [-0.25, -0.2) is 4.98 Å². The van der Waals surface area contributed by atoms with Gasteiger partial charge >= 0.3 is 0 Å². The van der Waals surface area contributed by atoms with Crippen LogP contribution in [0.3, 0.4) is 0 Å². The SMILES string of the molecule is Cc1csc(C2=CC(S(=O)[O-])=CCCC2)n1. The van der Waals surface area contributed by atoms with Gasteiger partial charge in [-0.2, -0.15) is 0 Å². The molecule has 0 spiro atoms. The second-order valence-electron chi connectivity index (χ2n) is 3.70. The van der Waals surface area contributed by atoms with Gasteiger partial charge in [-0.15, -0.1) is 11.3 Å². The summed E-state index contributed by atoms with van der Waals surface area (Å²) in [5.41, 5.74) is 2.02. The third-order valence-corrected chi connectivity index (χ3v) is 4.10. The number of hydrogen-bond donors (Lipinski definition) is 0. The minimum atomic E-state index is -2.14. The van der Waals surface area contributed by atoms with E-state index < -0.39 is 11.1 Å². The molecule has 0 fully saturated rings. The molecule has 1 aromatic rings. The quantitative estimate of drug-likeness (QED) is 0.762. The molecule has 86 valence electrons. The molecule has 0 bridgehead atoms. The molecule has 16 heavy (non-hydrogen) atoms. The van der Waals surface area contributed by atoms with Gasteiger partial charge in [0.25, 0.3) is 0 Å². The highest BCUT2D eigenvalue weighted by Crippen LogP contribution is 2.28. The molecule has 3 nitrogen and oxygen atoms in total. The highest BCUT2D eigenvalue weighted by atomic mass is 32.2. The lowest BCUT2D eigenvalue weighted by molar-refractivity contribution is 0.544. The first-order chi connectivity index (χ1) is 7.66. The number of allylic oxidation sites excluding steroid dienone is 3. The first kappa shape index (κ1) is 11.7. The molecule has 1 unspecified atom stereocenters. The van der Waals surface area contributed by atoms with E-state index in [-0.39, 0.29) is 0 Å². The third-order valence-electron chi connectivity index (χ3n) is 2.40. The Morgan fingerprint density at radius 1 is 1.56 bits per heavy atom. The molecule has 0 aliphatic heterocycles. The third kappa shape index (κ3) is 2.66. The van der Waals surface area contributed by atoms with Crippen molar-refractivity contribution in [2.45, 2.75) is 26.2 Å². The van der Waals surface area contributed by atoms with Crippen molar-refractivity contribution in [1.82, 2.24) is 4.98 Å². The summed E-state index contributed by atoms with van der Waals surface area (Å²) < 4.78 is 21.9. The van der Waals surface area contributed by atoms with Crippen molar-refractivity contribution < 1.29 is 8.76 Å². The molecule has 1 aromatic heterocycles. The fourth-order valence-corrected chi connectivity index (χ4v) is 2.96. The Balaban J connectivity index is 2.33. The molecule has 1 aliphatic rings. The van der Waals surface area contributed by atoms with Crippen LogP contribution in [-0.4, -0.2) is 13.7 Å². The molecule has 1 atom stereocenters. The molecule has 0 aromatic carbocycles. The zero-order valence-corrected chi connectivity index (χ0v) is 10.6. The molecule has 1 aliphatic carbocycles. The van der Waals surface area contributed by atoms with Gasteiger partial charge in [0.15, 0.2) is 0 Å². The van der Waals surface area contributed by atoms with E-state index in [1.54, 1.807) is 23.5 Å². The van der Waals surface area contributed by atoms with Crippen LogP contribution in [0.4, 0.5) is 0 Å². The minimum Gasteiger partial charge on any atom is -0.768 e.